The first-order valence-electron chi connectivity index (χ1n) is 5.00. The van der Waals surface area contributed by atoms with Crippen LogP contribution in [-0.4, -0.2) is 25.1 Å². The van der Waals surface area contributed by atoms with E-state index in [1.165, 1.54) is 24.1 Å². The molecule has 1 amide bonds. The Bertz CT molecular complexity index is 436. The fourth-order valence-corrected chi connectivity index (χ4v) is 1.72. The van der Waals surface area contributed by atoms with Crippen molar-refractivity contribution < 1.29 is 13.9 Å². The summed E-state index contributed by atoms with van der Waals surface area (Å²) in [4.78, 5) is 13.0. The van der Waals surface area contributed by atoms with Crippen LogP contribution in [0, 0.1) is 5.82 Å². The third-order valence-electron chi connectivity index (χ3n) is 2.72. The van der Waals surface area contributed by atoms with Crippen molar-refractivity contribution in [3.8, 4) is 5.75 Å². The molecule has 1 aromatic carbocycles. The van der Waals surface area contributed by atoms with Gasteiger partial charge in [-0.2, -0.15) is 0 Å². The largest absolute Gasteiger partial charge is 0.486 e. The van der Waals surface area contributed by atoms with Crippen molar-refractivity contribution in [1.82, 2.24) is 0 Å². The van der Waals surface area contributed by atoms with E-state index in [1.54, 1.807) is 13.0 Å². The van der Waals surface area contributed by atoms with Gasteiger partial charge in [0.25, 0.3) is 0 Å². The van der Waals surface area contributed by atoms with Gasteiger partial charge in [-0.1, -0.05) is 6.07 Å². The highest BCUT2D eigenvalue weighted by molar-refractivity contribution is 5.99. The van der Waals surface area contributed by atoms with Gasteiger partial charge in [-0.25, -0.2) is 4.39 Å². The topological polar surface area (TPSA) is 55.6 Å². The van der Waals surface area contributed by atoms with Crippen LogP contribution >= 0.6 is 0 Å². The van der Waals surface area contributed by atoms with Crippen molar-refractivity contribution >= 4 is 11.6 Å². The van der Waals surface area contributed by atoms with E-state index in [4.69, 9.17) is 10.5 Å². The van der Waals surface area contributed by atoms with Crippen molar-refractivity contribution in [3.63, 3.8) is 0 Å². The summed E-state index contributed by atoms with van der Waals surface area (Å²) in [5.74, 6) is -0.498. The van der Waals surface area contributed by atoms with Gasteiger partial charge in [-0.3, -0.25) is 4.79 Å². The van der Waals surface area contributed by atoms with Gasteiger partial charge >= 0.3 is 0 Å². The number of anilines is 1. The van der Waals surface area contributed by atoms with E-state index in [1.807, 2.05) is 0 Å². The van der Waals surface area contributed by atoms with Crippen molar-refractivity contribution in [2.75, 3.05) is 11.9 Å². The van der Waals surface area contributed by atoms with Gasteiger partial charge in [-0.05, 0) is 19.1 Å². The molecule has 0 saturated heterocycles. The molecule has 2 N–H and O–H groups in total. The summed E-state index contributed by atoms with van der Waals surface area (Å²) in [6.07, 6.45) is -0.474. The van der Waals surface area contributed by atoms with Crippen LogP contribution in [0.15, 0.2) is 18.2 Å². The number of fused-ring (bicyclic) bond motifs is 1. The molecule has 0 unspecified atom stereocenters. The zero-order valence-electron chi connectivity index (χ0n) is 9.11. The highest BCUT2D eigenvalue weighted by Gasteiger charge is 2.33. The highest BCUT2D eigenvalue weighted by Crippen LogP contribution is 2.34. The van der Waals surface area contributed by atoms with Crippen LogP contribution in [0.4, 0.5) is 10.1 Å². The van der Waals surface area contributed by atoms with Crippen LogP contribution < -0.4 is 15.4 Å². The van der Waals surface area contributed by atoms with Crippen molar-refractivity contribution in [2.24, 2.45) is 5.73 Å². The van der Waals surface area contributed by atoms with Crippen molar-refractivity contribution in [1.29, 1.82) is 0 Å². The molecule has 1 heterocycles. The van der Waals surface area contributed by atoms with E-state index in [0.29, 0.717) is 5.75 Å². The molecule has 1 aromatic rings. The van der Waals surface area contributed by atoms with Gasteiger partial charge in [0.05, 0.1) is 0 Å². The smallest absolute Gasteiger partial charge is 0.247 e. The molecule has 0 spiro atoms. The minimum atomic E-state index is -0.781. The summed E-state index contributed by atoms with van der Waals surface area (Å²) in [7, 11) is 1.49. The molecule has 4 nitrogen and oxygen atoms in total. The standard InChI is InChI=1S/C11H13FN2O2/c1-6-9(13)11(15)14(2)10-7(12)4-3-5-8(10)16-6/h3-6,9H,13H2,1-2H3/t6-,9+/m1/s1. The number of likely N-dealkylation sites (N-methyl/N-ethyl adjacent to an activating group) is 1. The maximum Gasteiger partial charge on any atom is 0.247 e. The molecular formula is C11H13FN2O2. The monoisotopic (exact) mass is 224 g/mol. The number of nitrogens with zero attached hydrogens (tertiary/aromatic N) is 1. The fourth-order valence-electron chi connectivity index (χ4n) is 1.72. The SMILES string of the molecule is C[C@H]1Oc2cccc(F)c2N(C)C(=O)[C@H]1N. The van der Waals surface area contributed by atoms with E-state index in [9.17, 15) is 9.18 Å². The molecule has 1 aliphatic heterocycles. The van der Waals surface area contributed by atoms with Crippen LogP contribution in [-0.2, 0) is 4.79 Å². The Hall–Kier alpha value is -1.62. The Balaban J connectivity index is 2.56. The molecule has 2 rings (SSSR count). The first kappa shape index (κ1) is 10.9. The Labute approximate surface area is 92.8 Å². The number of halogens is 1. The highest BCUT2D eigenvalue weighted by atomic mass is 19.1. The second kappa shape index (κ2) is 3.75. The third-order valence-corrected chi connectivity index (χ3v) is 2.72. The number of ether oxygens (including phenoxy) is 1. The number of benzene rings is 1. The van der Waals surface area contributed by atoms with Gasteiger partial charge in [0.2, 0.25) is 5.91 Å². The fraction of sp³-hybridized carbons (Fsp3) is 0.364. The van der Waals surface area contributed by atoms with Crippen LogP contribution in [0.3, 0.4) is 0 Å². The lowest BCUT2D eigenvalue weighted by molar-refractivity contribution is -0.120. The van der Waals surface area contributed by atoms with Crippen LogP contribution in [0.25, 0.3) is 0 Å². The molecule has 0 aliphatic carbocycles. The molecule has 0 bridgehead atoms. The first-order valence-corrected chi connectivity index (χ1v) is 5.00. The number of rotatable bonds is 0. The van der Waals surface area contributed by atoms with Gasteiger partial charge in [0.1, 0.15) is 23.6 Å². The average molecular weight is 224 g/mol. The van der Waals surface area contributed by atoms with E-state index in [-0.39, 0.29) is 11.6 Å². The van der Waals surface area contributed by atoms with Gasteiger partial charge in [0, 0.05) is 7.05 Å². The van der Waals surface area contributed by atoms with Gasteiger partial charge in [0.15, 0.2) is 5.82 Å². The molecule has 86 valence electrons. The predicted molar refractivity (Wildman–Crippen MR) is 57.9 cm³/mol. The van der Waals surface area contributed by atoms with E-state index >= 15 is 0 Å². The van der Waals surface area contributed by atoms with Crippen molar-refractivity contribution in [3.05, 3.63) is 24.0 Å². The summed E-state index contributed by atoms with van der Waals surface area (Å²) < 4.78 is 19.1. The van der Waals surface area contributed by atoms with E-state index in [2.05, 4.69) is 0 Å². The zero-order chi connectivity index (χ0) is 11.9. The van der Waals surface area contributed by atoms with E-state index in [0.717, 1.165) is 0 Å². The molecule has 0 aromatic heterocycles. The minimum Gasteiger partial charge on any atom is -0.486 e. The summed E-state index contributed by atoms with van der Waals surface area (Å²) in [6, 6.07) is 3.66. The number of hydrogen-bond acceptors (Lipinski definition) is 3. The summed E-state index contributed by atoms with van der Waals surface area (Å²) in [5, 5.41) is 0. The summed E-state index contributed by atoms with van der Waals surface area (Å²) in [5.41, 5.74) is 5.85. The molecule has 2 atom stereocenters. The van der Waals surface area contributed by atoms with Crippen LogP contribution in [0.1, 0.15) is 6.92 Å². The van der Waals surface area contributed by atoms with Crippen molar-refractivity contribution in [2.45, 2.75) is 19.1 Å². The quantitative estimate of drug-likeness (QED) is 0.712. The summed E-state index contributed by atoms with van der Waals surface area (Å²) in [6.45, 7) is 1.69. The third kappa shape index (κ3) is 1.53. The summed E-state index contributed by atoms with van der Waals surface area (Å²) >= 11 is 0. The number of carbonyl (C=O) groups excluding carboxylic acids is 1. The number of nitrogens with two attached hydrogens (primary N) is 1. The number of hydrogen-bond donors (Lipinski definition) is 1. The lowest BCUT2D eigenvalue weighted by atomic mass is 10.2. The normalized spacial score (nSPS) is 24.8. The molecule has 1 aliphatic rings. The predicted octanol–water partition coefficient (Wildman–Crippen LogP) is 0.897. The number of carbonyl (C=O) groups is 1. The second-order valence-corrected chi connectivity index (χ2v) is 3.83. The molecule has 5 heteroatoms. The molecular weight excluding hydrogens is 211 g/mol. The lowest BCUT2D eigenvalue weighted by Gasteiger charge is -2.18. The number of para-hydroxylation sites is 1. The Morgan fingerprint density at radius 1 is 1.50 bits per heavy atom. The molecule has 0 saturated carbocycles. The van der Waals surface area contributed by atoms with E-state index < -0.39 is 18.0 Å². The first-order chi connectivity index (χ1) is 7.52. The van der Waals surface area contributed by atoms with Crippen LogP contribution in [0.5, 0.6) is 5.75 Å². The lowest BCUT2D eigenvalue weighted by Crippen LogP contribution is -2.48. The van der Waals surface area contributed by atoms with Gasteiger partial charge in [-0.15, -0.1) is 0 Å². The zero-order valence-corrected chi connectivity index (χ0v) is 9.11. The Morgan fingerprint density at radius 2 is 2.19 bits per heavy atom. The second-order valence-electron chi connectivity index (χ2n) is 3.83. The molecule has 0 radical (unpaired) electrons. The van der Waals surface area contributed by atoms with Gasteiger partial charge < -0.3 is 15.4 Å². The van der Waals surface area contributed by atoms with Crippen LogP contribution in [0.2, 0.25) is 0 Å². The molecule has 16 heavy (non-hydrogen) atoms. The Morgan fingerprint density at radius 3 is 2.88 bits per heavy atom. The molecule has 0 fully saturated rings. The average Bonchev–Trinajstić information content (AvgIpc) is 2.32. The maximum absolute atomic E-state index is 13.6. The Kier molecular flexibility index (Phi) is 2.55. The number of amides is 1. The minimum absolute atomic E-state index is 0.146. The maximum atomic E-state index is 13.6.